The Labute approximate surface area is 107 Å². The van der Waals surface area contributed by atoms with E-state index in [4.69, 9.17) is 11.6 Å². The molecule has 0 amide bonds. The average molecular weight is 257 g/mol. The van der Waals surface area contributed by atoms with Gasteiger partial charge in [-0.15, -0.1) is 0 Å². The summed E-state index contributed by atoms with van der Waals surface area (Å²) in [6, 6.07) is 4.50. The van der Waals surface area contributed by atoms with Crippen molar-refractivity contribution >= 4 is 11.6 Å². The molecule has 1 saturated carbocycles. The first-order valence-corrected chi connectivity index (χ1v) is 6.51. The highest BCUT2D eigenvalue weighted by Gasteiger charge is 2.36. The molecule has 3 heteroatoms. The van der Waals surface area contributed by atoms with Gasteiger partial charge in [-0.3, -0.25) is 0 Å². The molecular formula is C14H18ClFO. The molecule has 1 fully saturated rings. The fourth-order valence-corrected chi connectivity index (χ4v) is 2.87. The summed E-state index contributed by atoms with van der Waals surface area (Å²) in [5.74, 6) is -0.282. The van der Waals surface area contributed by atoms with Crippen LogP contribution >= 0.6 is 11.6 Å². The Balaban J connectivity index is 2.12. The van der Waals surface area contributed by atoms with Crippen LogP contribution in [-0.4, -0.2) is 11.2 Å². The van der Waals surface area contributed by atoms with Crippen molar-refractivity contribution in [3.8, 4) is 0 Å². The minimum absolute atomic E-state index is 0.0608. The predicted molar refractivity (Wildman–Crippen MR) is 67.7 cm³/mol. The first-order valence-electron chi connectivity index (χ1n) is 6.13. The molecule has 1 N–H and O–H groups in total. The van der Waals surface area contributed by atoms with Gasteiger partial charge in [-0.25, -0.2) is 4.39 Å². The average Bonchev–Trinajstić information content (AvgIpc) is 2.72. The summed E-state index contributed by atoms with van der Waals surface area (Å²) in [6.07, 6.45) is 4.23. The molecule has 0 aromatic heterocycles. The third-order valence-corrected chi connectivity index (χ3v) is 4.21. The van der Waals surface area contributed by atoms with Crippen LogP contribution in [0.1, 0.15) is 38.2 Å². The van der Waals surface area contributed by atoms with Gasteiger partial charge in [0.05, 0.1) is 6.10 Å². The van der Waals surface area contributed by atoms with Crippen LogP contribution in [0.4, 0.5) is 4.39 Å². The van der Waals surface area contributed by atoms with Gasteiger partial charge in [-0.05, 0) is 42.0 Å². The molecule has 0 heterocycles. The molecule has 0 spiro atoms. The highest BCUT2D eigenvalue weighted by molar-refractivity contribution is 6.30. The third kappa shape index (κ3) is 2.80. The van der Waals surface area contributed by atoms with Gasteiger partial charge in [0.1, 0.15) is 5.82 Å². The monoisotopic (exact) mass is 256 g/mol. The lowest BCUT2D eigenvalue weighted by atomic mass is 9.80. The van der Waals surface area contributed by atoms with E-state index in [1.807, 2.05) is 0 Å². The maximum absolute atomic E-state index is 13.6. The predicted octanol–water partition coefficient (Wildman–Crippen LogP) is 3.96. The Kier molecular flexibility index (Phi) is 3.74. The van der Waals surface area contributed by atoms with E-state index in [-0.39, 0.29) is 11.2 Å². The van der Waals surface area contributed by atoms with Crippen LogP contribution in [-0.2, 0) is 6.42 Å². The Morgan fingerprint density at radius 2 is 2.06 bits per heavy atom. The normalized spacial score (nSPS) is 20.5. The number of aliphatic hydroxyl groups is 1. The van der Waals surface area contributed by atoms with E-state index in [1.165, 1.54) is 12.1 Å². The number of aliphatic hydroxyl groups excluding tert-OH is 1. The molecule has 1 nitrogen and oxygen atoms in total. The summed E-state index contributed by atoms with van der Waals surface area (Å²) in [6.45, 7) is 2.09. The maximum atomic E-state index is 13.6. The molecule has 1 aromatic carbocycles. The molecule has 1 aromatic rings. The van der Waals surface area contributed by atoms with Gasteiger partial charge >= 0.3 is 0 Å². The highest BCUT2D eigenvalue weighted by atomic mass is 35.5. The lowest BCUT2D eigenvalue weighted by Crippen LogP contribution is -2.31. The lowest BCUT2D eigenvalue weighted by Gasteiger charge is -2.30. The van der Waals surface area contributed by atoms with E-state index < -0.39 is 6.10 Å². The number of hydrogen-bond donors (Lipinski definition) is 1. The summed E-state index contributed by atoms with van der Waals surface area (Å²) in [5, 5.41) is 10.8. The number of rotatable bonds is 3. The van der Waals surface area contributed by atoms with E-state index in [2.05, 4.69) is 6.92 Å². The van der Waals surface area contributed by atoms with E-state index in [0.717, 1.165) is 25.7 Å². The number of halogens is 2. The fraction of sp³-hybridized carbons (Fsp3) is 0.571. The van der Waals surface area contributed by atoms with Crippen molar-refractivity contribution in [2.45, 2.75) is 45.1 Å². The van der Waals surface area contributed by atoms with Crippen molar-refractivity contribution in [1.82, 2.24) is 0 Å². The summed E-state index contributed by atoms with van der Waals surface area (Å²) in [7, 11) is 0. The topological polar surface area (TPSA) is 20.2 Å². The number of hydrogen-bond acceptors (Lipinski definition) is 1. The quantitative estimate of drug-likeness (QED) is 0.868. The van der Waals surface area contributed by atoms with Crippen molar-refractivity contribution in [2.24, 2.45) is 5.41 Å². The molecule has 0 saturated heterocycles. The van der Waals surface area contributed by atoms with Crippen LogP contribution in [0.5, 0.6) is 0 Å². The maximum Gasteiger partial charge on any atom is 0.126 e. The molecule has 17 heavy (non-hydrogen) atoms. The molecule has 1 aliphatic carbocycles. The summed E-state index contributed by atoms with van der Waals surface area (Å²) < 4.78 is 13.6. The van der Waals surface area contributed by atoms with Crippen LogP contribution < -0.4 is 0 Å². The van der Waals surface area contributed by atoms with Crippen molar-refractivity contribution in [1.29, 1.82) is 0 Å². The van der Waals surface area contributed by atoms with Gasteiger partial charge in [0.15, 0.2) is 0 Å². The zero-order chi connectivity index (χ0) is 12.5. The second-order valence-corrected chi connectivity index (χ2v) is 5.75. The van der Waals surface area contributed by atoms with Crippen LogP contribution in [0.25, 0.3) is 0 Å². The van der Waals surface area contributed by atoms with Crippen LogP contribution in [0.2, 0.25) is 5.02 Å². The molecular weight excluding hydrogens is 239 g/mol. The van der Waals surface area contributed by atoms with E-state index in [1.54, 1.807) is 6.07 Å². The van der Waals surface area contributed by atoms with E-state index >= 15 is 0 Å². The van der Waals surface area contributed by atoms with Crippen LogP contribution in [0, 0.1) is 11.2 Å². The zero-order valence-electron chi connectivity index (χ0n) is 10.0. The molecule has 1 atom stereocenters. The van der Waals surface area contributed by atoms with Crippen molar-refractivity contribution < 1.29 is 9.50 Å². The summed E-state index contributed by atoms with van der Waals surface area (Å²) in [5.41, 5.74) is 0.451. The van der Waals surface area contributed by atoms with Gasteiger partial charge < -0.3 is 5.11 Å². The van der Waals surface area contributed by atoms with Crippen LogP contribution in [0.3, 0.4) is 0 Å². The van der Waals surface area contributed by atoms with Gasteiger partial charge in [0.2, 0.25) is 0 Å². The standard InChI is InChI=1S/C14H18ClFO/c1-14(6-2-3-7-14)13(17)9-10-8-11(15)4-5-12(10)16/h4-5,8,13,17H,2-3,6-7,9H2,1H3. The first kappa shape index (κ1) is 12.8. The van der Waals surface area contributed by atoms with Crippen molar-refractivity contribution in [3.05, 3.63) is 34.6 Å². The Morgan fingerprint density at radius 1 is 1.41 bits per heavy atom. The molecule has 0 aliphatic heterocycles. The molecule has 94 valence electrons. The third-order valence-electron chi connectivity index (χ3n) is 3.97. The second kappa shape index (κ2) is 4.95. The van der Waals surface area contributed by atoms with Gasteiger partial charge in [0.25, 0.3) is 0 Å². The Bertz CT molecular complexity index is 399. The van der Waals surface area contributed by atoms with Crippen molar-refractivity contribution in [3.63, 3.8) is 0 Å². The SMILES string of the molecule is CC1(C(O)Cc2cc(Cl)ccc2F)CCCC1. The van der Waals surface area contributed by atoms with E-state index in [9.17, 15) is 9.50 Å². The Hall–Kier alpha value is -0.600. The summed E-state index contributed by atoms with van der Waals surface area (Å²) >= 11 is 5.85. The number of benzene rings is 1. The highest BCUT2D eigenvalue weighted by Crippen LogP contribution is 2.41. The van der Waals surface area contributed by atoms with Crippen molar-refractivity contribution in [2.75, 3.05) is 0 Å². The Morgan fingerprint density at radius 3 is 2.71 bits per heavy atom. The summed E-state index contributed by atoms with van der Waals surface area (Å²) in [4.78, 5) is 0. The smallest absolute Gasteiger partial charge is 0.126 e. The van der Waals surface area contributed by atoms with Gasteiger partial charge in [-0.1, -0.05) is 31.4 Å². The molecule has 0 radical (unpaired) electrons. The minimum Gasteiger partial charge on any atom is -0.392 e. The van der Waals surface area contributed by atoms with Gasteiger partial charge in [-0.2, -0.15) is 0 Å². The first-order chi connectivity index (χ1) is 8.01. The van der Waals surface area contributed by atoms with Crippen LogP contribution in [0.15, 0.2) is 18.2 Å². The van der Waals surface area contributed by atoms with E-state index in [0.29, 0.717) is 17.0 Å². The molecule has 1 aliphatic rings. The molecule has 0 bridgehead atoms. The molecule has 2 rings (SSSR count). The molecule has 1 unspecified atom stereocenters. The minimum atomic E-state index is -0.488. The van der Waals surface area contributed by atoms with Gasteiger partial charge in [0, 0.05) is 11.4 Å². The largest absolute Gasteiger partial charge is 0.392 e. The fourth-order valence-electron chi connectivity index (χ4n) is 2.67. The second-order valence-electron chi connectivity index (χ2n) is 5.32. The lowest BCUT2D eigenvalue weighted by molar-refractivity contribution is 0.0417. The zero-order valence-corrected chi connectivity index (χ0v) is 10.8.